The first-order valence-corrected chi connectivity index (χ1v) is 7.39. The number of halogens is 1. The molecular formula is C16H18ClN3. The molecule has 0 spiro atoms. The molecule has 20 heavy (non-hydrogen) atoms. The van der Waals surface area contributed by atoms with E-state index in [0.717, 1.165) is 36.6 Å². The molecule has 0 unspecified atom stereocenters. The molecule has 2 heterocycles. The Labute approximate surface area is 124 Å². The fourth-order valence-electron chi connectivity index (χ4n) is 2.62. The molecule has 0 saturated heterocycles. The molecule has 1 aromatic heterocycles. The van der Waals surface area contributed by atoms with Crippen molar-refractivity contribution in [3.63, 3.8) is 0 Å². The maximum atomic E-state index is 6.07. The van der Waals surface area contributed by atoms with Crippen molar-refractivity contribution in [2.45, 2.75) is 32.7 Å². The Morgan fingerprint density at radius 2 is 2.10 bits per heavy atom. The zero-order valence-electron chi connectivity index (χ0n) is 11.8. The molecule has 0 radical (unpaired) electrons. The normalized spacial score (nSPS) is 14.4. The molecule has 1 aliphatic heterocycles. The van der Waals surface area contributed by atoms with Gasteiger partial charge in [-0.25, -0.2) is 9.97 Å². The first kappa shape index (κ1) is 13.5. The summed E-state index contributed by atoms with van der Waals surface area (Å²) in [5.74, 6) is 1.18. The second kappa shape index (κ2) is 5.51. The topological polar surface area (TPSA) is 37.8 Å². The van der Waals surface area contributed by atoms with Crippen molar-refractivity contribution in [2.24, 2.45) is 0 Å². The zero-order chi connectivity index (χ0) is 14.1. The molecule has 0 fully saturated rings. The minimum atomic E-state index is 0.405. The molecule has 0 saturated carbocycles. The van der Waals surface area contributed by atoms with Gasteiger partial charge in [-0.3, -0.25) is 0 Å². The van der Waals surface area contributed by atoms with Crippen molar-refractivity contribution < 1.29 is 0 Å². The SMILES string of the molecule is CC(C)c1nc(-c2cccc(Cl)c2)nc2c1CCNC2. The number of fused-ring (bicyclic) bond motifs is 1. The molecule has 3 nitrogen and oxygen atoms in total. The summed E-state index contributed by atoms with van der Waals surface area (Å²) in [6, 6.07) is 7.74. The summed E-state index contributed by atoms with van der Waals surface area (Å²) >= 11 is 6.07. The molecule has 4 heteroatoms. The summed E-state index contributed by atoms with van der Waals surface area (Å²) in [5, 5.41) is 4.10. The van der Waals surface area contributed by atoms with Gasteiger partial charge in [-0.2, -0.15) is 0 Å². The maximum Gasteiger partial charge on any atom is 0.159 e. The number of hydrogen-bond donors (Lipinski definition) is 1. The van der Waals surface area contributed by atoms with Crippen LogP contribution in [0.5, 0.6) is 0 Å². The number of aromatic nitrogens is 2. The molecule has 1 aliphatic rings. The summed E-state index contributed by atoms with van der Waals surface area (Å²) in [7, 11) is 0. The van der Waals surface area contributed by atoms with Gasteiger partial charge in [-0.15, -0.1) is 0 Å². The van der Waals surface area contributed by atoms with Crippen LogP contribution in [0.4, 0.5) is 0 Å². The quantitative estimate of drug-likeness (QED) is 0.918. The standard InChI is InChI=1S/C16H18ClN3/c1-10(2)15-13-6-7-18-9-14(13)19-16(20-15)11-4-3-5-12(17)8-11/h3-5,8,10,18H,6-7,9H2,1-2H3. The predicted molar refractivity (Wildman–Crippen MR) is 82.0 cm³/mol. The van der Waals surface area contributed by atoms with Crippen LogP contribution in [0.2, 0.25) is 5.02 Å². The molecule has 0 amide bonds. The van der Waals surface area contributed by atoms with E-state index in [9.17, 15) is 0 Å². The third-order valence-corrected chi connectivity index (χ3v) is 3.83. The fourth-order valence-corrected chi connectivity index (χ4v) is 2.81. The van der Waals surface area contributed by atoms with E-state index in [4.69, 9.17) is 21.6 Å². The Morgan fingerprint density at radius 1 is 1.25 bits per heavy atom. The van der Waals surface area contributed by atoms with Gasteiger partial charge in [0, 0.05) is 17.1 Å². The minimum absolute atomic E-state index is 0.405. The Balaban J connectivity index is 2.15. The highest BCUT2D eigenvalue weighted by atomic mass is 35.5. The molecular weight excluding hydrogens is 270 g/mol. The van der Waals surface area contributed by atoms with Crippen molar-refractivity contribution in [1.29, 1.82) is 0 Å². The van der Waals surface area contributed by atoms with Gasteiger partial charge in [0.25, 0.3) is 0 Å². The lowest BCUT2D eigenvalue weighted by molar-refractivity contribution is 0.609. The van der Waals surface area contributed by atoms with Crippen LogP contribution >= 0.6 is 11.6 Å². The van der Waals surface area contributed by atoms with Crippen LogP contribution < -0.4 is 5.32 Å². The van der Waals surface area contributed by atoms with E-state index in [1.807, 2.05) is 24.3 Å². The van der Waals surface area contributed by atoms with Gasteiger partial charge in [0.05, 0.1) is 11.4 Å². The van der Waals surface area contributed by atoms with Crippen LogP contribution in [-0.2, 0) is 13.0 Å². The summed E-state index contributed by atoms with van der Waals surface area (Å²) in [5.41, 5.74) is 4.61. The lowest BCUT2D eigenvalue weighted by Crippen LogP contribution is -2.27. The molecule has 104 valence electrons. The van der Waals surface area contributed by atoms with Crippen LogP contribution in [0, 0.1) is 0 Å². The number of benzene rings is 1. The average molecular weight is 288 g/mol. The third-order valence-electron chi connectivity index (χ3n) is 3.60. The number of hydrogen-bond acceptors (Lipinski definition) is 3. The first-order valence-electron chi connectivity index (χ1n) is 7.01. The number of nitrogens with one attached hydrogen (secondary N) is 1. The Bertz CT molecular complexity index is 638. The van der Waals surface area contributed by atoms with Crippen LogP contribution in [0.1, 0.15) is 36.7 Å². The van der Waals surface area contributed by atoms with Gasteiger partial charge in [-0.1, -0.05) is 37.6 Å². The maximum absolute atomic E-state index is 6.07. The smallest absolute Gasteiger partial charge is 0.159 e. The predicted octanol–water partition coefficient (Wildman–Crippen LogP) is 3.57. The lowest BCUT2D eigenvalue weighted by Gasteiger charge is -2.21. The van der Waals surface area contributed by atoms with Gasteiger partial charge >= 0.3 is 0 Å². The van der Waals surface area contributed by atoms with Crippen molar-refractivity contribution in [3.8, 4) is 11.4 Å². The van der Waals surface area contributed by atoms with Gasteiger partial charge in [0.15, 0.2) is 5.82 Å². The van der Waals surface area contributed by atoms with Gasteiger partial charge in [0.2, 0.25) is 0 Å². The highest BCUT2D eigenvalue weighted by Gasteiger charge is 2.19. The first-order chi connectivity index (χ1) is 9.65. The van der Waals surface area contributed by atoms with Gasteiger partial charge < -0.3 is 5.32 Å². The number of rotatable bonds is 2. The highest BCUT2D eigenvalue weighted by molar-refractivity contribution is 6.30. The van der Waals surface area contributed by atoms with Crippen LogP contribution in [0.25, 0.3) is 11.4 Å². The summed E-state index contributed by atoms with van der Waals surface area (Å²) in [6.45, 7) is 6.20. The zero-order valence-corrected chi connectivity index (χ0v) is 12.5. The van der Waals surface area contributed by atoms with Crippen LogP contribution in [-0.4, -0.2) is 16.5 Å². The summed E-state index contributed by atoms with van der Waals surface area (Å²) in [6.07, 6.45) is 1.01. The van der Waals surface area contributed by atoms with Crippen LogP contribution in [0.15, 0.2) is 24.3 Å². The highest BCUT2D eigenvalue weighted by Crippen LogP contribution is 2.27. The Hall–Kier alpha value is -1.45. The third kappa shape index (κ3) is 2.56. The van der Waals surface area contributed by atoms with E-state index in [0.29, 0.717) is 10.9 Å². The summed E-state index contributed by atoms with van der Waals surface area (Å²) in [4.78, 5) is 9.53. The van der Waals surface area contributed by atoms with Crippen molar-refractivity contribution in [1.82, 2.24) is 15.3 Å². The van der Waals surface area contributed by atoms with E-state index in [1.54, 1.807) is 0 Å². The molecule has 2 aromatic rings. The van der Waals surface area contributed by atoms with E-state index < -0.39 is 0 Å². The monoisotopic (exact) mass is 287 g/mol. The largest absolute Gasteiger partial charge is 0.311 e. The number of nitrogens with zero attached hydrogens (tertiary/aromatic N) is 2. The van der Waals surface area contributed by atoms with E-state index in [2.05, 4.69) is 19.2 Å². The van der Waals surface area contributed by atoms with Gasteiger partial charge in [0.1, 0.15) is 0 Å². The molecule has 1 N–H and O–H groups in total. The van der Waals surface area contributed by atoms with Crippen molar-refractivity contribution >= 4 is 11.6 Å². The molecule has 0 aliphatic carbocycles. The van der Waals surface area contributed by atoms with Crippen molar-refractivity contribution in [3.05, 3.63) is 46.2 Å². The molecule has 0 atom stereocenters. The fraction of sp³-hybridized carbons (Fsp3) is 0.375. The van der Waals surface area contributed by atoms with Gasteiger partial charge in [-0.05, 0) is 36.6 Å². The Morgan fingerprint density at radius 3 is 2.85 bits per heavy atom. The lowest BCUT2D eigenvalue weighted by atomic mass is 9.97. The van der Waals surface area contributed by atoms with E-state index in [1.165, 1.54) is 11.3 Å². The summed E-state index contributed by atoms with van der Waals surface area (Å²) < 4.78 is 0. The van der Waals surface area contributed by atoms with Crippen molar-refractivity contribution in [2.75, 3.05) is 6.54 Å². The second-order valence-corrected chi connectivity index (χ2v) is 5.89. The molecule has 1 aromatic carbocycles. The van der Waals surface area contributed by atoms with E-state index >= 15 is 0 Å². The Kier molecular flexibility index (Phi) is 3.72. The molecule has 0 bridgehead atoms. The van der Waals surface area contributed by atoms with E-state index in [-0.39, 0.29) is 0 Å². The minimum Gasteiger partial charge on any atom is -0.311 e. The molecule has 3 rings (SSSR count). The van der Waals surface area contributed by atoms with Crippen LogP contribution in [0.3, 0.4) is 0 Å². The average Bonchev–Trinajstić information content (AvgIpc) is 2.46. The second-order valence-electron chi connectivity index (χ2n) is 5.45.